The van der Waals surface area contributed by atoms with Gasteiger partial charge in [-0.15, -0.1) is 11.3 Å². The molecule has 0 bridgehead atoms. The van der Waals surface area contributed by atoms with Crippen LogP contribution < -0.4 is 10.6 Å². The van der Waals surface area contributed by atoms with Crippen molar-refractivity contribution in [2.24, 2.45) is 0 Å². The van der Waals surface area contributed by atoms with Crippen LogP contribution in [0.2, 0.25) is 0 Å². The molecule has 1 fully saturated rings. The molecule has 0 spiro atoms. The van der Waals surface area contributed by atoms with Gasteiger partial charge in [0.15, 0.2) is 5.13 Å². The number of anilines is 2. The Hall–Kier alpha value is -3.03. The largest absolute Gasteiger partial charge is 0.368 e. The Kier molecular flexibility index (Phi) is 5.92. The first-order chi connectivity index (χ1) is 14.5. The molecule has 1 unspecified atom stereocenters. The number of amides is 2. The van der Waals surface area contributed by atoms with Crippen molar-refractivity contribution >= 4 is 34.0 Å². The minimum absolute atomic E-state index is 0.178. The zero-order chi connectivity index (χ0) is 21.1. The van der Waals surface area contributed by atoms with Crippen LogP contribution in [0.5, 0.6) is 0 Å². The number of nitrogens with one attached hydrogen (secondary N) is 2. The van der Waals surface area contributed by atoms with E-state index in [2.05, 4.69) is 41.6 Å². The monoisotopic (exact) mass is 421 g/mol. The molecule has 1 aromatic heterocycles. The SMILES string of the molecule is Cc1ccc(-c2csc(NC(=O)c3cccc(NC(=O)C4CCCO4)c3)n2)c(C)c1. The highest BCUT2D eigenvalue weighted by Crippen LogP contribution is 2.28. The van der Waals surface area contributed by atoms with Gasteiger partial charge >= 0.3 is 0 Å². The number of hydrogen-bond acceptors (Lipinski definition) is 5. The van der Waals surface area contributed by atoms with Crippen LogP contribution in [0.15, 0.2) is 47.8 Å². The molecule has 2 amide bonds. The third-order valence-corrected chi connectivity index (χ3v) is 5.75. The van der Waals surface area contributed by atoms with Crippen molar-refractivity contribution in [2.75, 3.05) is 17.2 Å². The maximum absolute atomic E-state index is 12.7. The van der Waals surface area contributed by atoms with Crippen LogP contribution in [-0.2, 0) is 9.53 Å². The maximum Gasteiger partial charge on any atom is 0.257 e. The van der Waals surface area contributed by atoms with Gasteiger partial charge in [0.05, 0.1) is 5.69 Å². The lowest BCUT2D eigenvalue weighted by Crippen LogP contribution is -2.27. The van der Waals surface area contributed by atoms with Crippen molar-refractivity contribution in [3.63, 3.8) is 0 Å². The highest BCUT2D eigenvalue weighted by atomic mass is 32.1. The van der Waals surface area contributed by atoms with Crippen molar-refractivity contribution in [3.8, 4) is 11.3 Å². The van der Waals surface area contributed by atoms with Crippen LogP contribution >= 0.6 is 11.3 Å². The fraction of sp³-hybridized carbons (Fsp3) is 0.261. The molecule has 2 heterocycles. The molecule has 154 valence electrons. The normalized spacial score (nSPS) is 15.7. The number of aromatic nitrogens is 1. The summed E-state index contributed by atoms with van der Waals surface area (Å²) < 4.78 is 5.40. The summed E-state index contributed by atoms with van der Waals surface area (Å²) in [4.78, 5) is 29.5. The topological polar surface area (TPSA) is 80.3 Å². The van der Waals surface area contributed by atoms with Gasteiger partial charge in [-0.25, -0.2) is 4.98 Å². The molecule has 0 aliphatic carbocycles. The van der Waals surface area contributed by atoms with Gasteiger partial charge in [-0.3, -0.25) is 14.9 Å². The van der Waals surface area contributed by atoms with Gasteiger partial charge in [0, 0.05) is 28.8 Å². The Balaban J connectivity index is 1.44. The molecule has 3 aromatic rings. The van der Waals surface area contributed by atoms with E-state index in [0.717, 1.165) is 29.7 Å². The van der Waals surface area contributed by atoms with Crippen LogP contribution in [0, 0.1) is 13.8 Å². The third kappa shape index (κ3) is 4.58. The van der Waals surface area contributed by atoms with Crippen LogP contribution in [-0.4, -0.2) is 29.5 Å². The first kappa shape index (κ1) is 20.3. The van der Waals surface area contributed by atoms with Crippen molar-refractivity contribution in [2.45, 2.75) is 32.8 Å². The number of hydrogen-bond donors (Lipinski definition) is 2. The van der Waals surface area contributed by atoms with Crippen LogP contribution in [0.4, 0.5) is 10.8 Å². The molecule has 1 atom stereocenters. The fourth-order valence-corrected chi connectivity index (χ4v) is 4.18. The lowest BCUT2D eigenvalue weighted by Gasteiger charge is -2.11. The van der Waals surface area contributed by atoms with Crippen LogP contribution in [0.1, 0.15) is 34.3 Å². The molecule has 1 saturated heterocycles. The average molecular weight is 422 g/mol. The summed E-state index contributed by atoms with van der Waals surface area (Å²) in [5.74, 6) is -0.451. The molecule has 4 rings (SSSR count). The fourth-order valence-electron chi connectivity index (χ4n) is 3.47. The van der Waals surface area contributed by atoms with Gasteiger partial charge in [0.2, 0.25) is 0 Å². The Labute approximate surface area is 179 Å². The molecule has 2 aromatic carbocycles. The number of carbonyl (C=O) groups is 2. The Bertz CT molecular complexity index is 1090. The standard InChI is InChI=1S/C23H23N3O3S/c1-14-8-9-18(15(2)11-14)19-13-30-23(25-19)26-21(27)16-5-3-6-17(12-16)24-22(28)20-7-4-10-29-20/h3,5-6,8-9,11-13,20H,4,7,10H2,1-2H3,(H,24,28)(H,25,26,27). The van der Waals surface area contributed by atoms with Gasteiger partial charge in [-0.1, -0.05) is 29.8 Å². The van der Waals surface area contributed by atoms with E-state index in [1.165, 1.54) is 16.9 Å². The third-order valence-electron chi connectivity index (χ3n) is 5.00. The summed E-state index contributed by atoms with van der Waals surface area (Å²) >= 11 is 1.38. The van der Waals surface area contributed by atoms with E-state index in [1.54, 1.807) is 24.3 Å². The number of aryl methyl sites for hydroxylation is 2. The molecular weight excluding hydrogens is 398 g/mol. The number of carbonyl (C=O) groups excluding carboxylic acids is 2. The molecule has 6 nitrogen and oxygen atoms in total. The Morgan fingerprint density at radius 3 is 2.77 bits per heavy atom. The van der Waals surface area contributed by atoms with E-state index in [1.807, 2.05) is 11.4 Å². The van der Waals surface area contributed by atoms with E-state index in [-0.39, 0.29) is 11.8 Å². The first-order valence-corrected chi connectivity index (χ1v) is 10.7. The second-order valence-electron chi connectivity index (χ2n) is 7.38. The maximum atomic E-state index is 12.7. The van der Waals surface area contributed by atoms with Crippen molar-refractivity contribution < 1.29 is 14.3 Å². The molecule has 7 heteroatoms. The van der Waals surface area contributed by atoms with Gasteiger partial charge in [0.1, 0.15) is 6.10 Å². The predicted molar refractivity (Wildman–Crippen MR) is 119 cm³/mol. The van der Waals surface area contributed by atoms with Crippen molar-refractivity contribution in [3.05, 3.63) is 64.5 Å². The molecule has 2 N–H and O–H groups in total. The second-order valence-corrected chi connectivity index (χ2v) is 8.24. The summed E-state index contributed by atoms with van der Waals surface area (Å²) in [6.07, 6.45) is 1.19. The Morgan fingerprint density at radius 2 is 2.00 bits per heavy atom. The van der Waals surface area contributed by atoms with Gasteiger partial charge in [-0.05, 0) is 50.5 Å². The highest BCUT2D eigenvalue weighted by molar-refractivity contribution is 7.14. The number of rotatable bonds is 5. The lowest BCUT2D eigenvalue weighted by molar-refractivity contribution is -0.124. The van der Waals surface area contributed by atoms with Crippen molar-refractivity contribution in [1.82, 2.24) is 4.98 Å². The van der Waals surface area contributed by atoms with Gasteiger partial charge in [0.25, 0.3) is 11.8 Å². The second kappa shape index (κ2) is 8.77. The molecule has 0 saturated carbocycles. The number of ether oxygens (including phenoxy) is 1. The Morgan fingerprint density at radius 1 is 1.13 bits per heavy atom. The zero-order valence-corrected chi connectivity index (χ0v) is 17.7. The van der Waals surface area contributed by atoms with E-state index in [9.17, 15) is 9.59 Å². The van der Waals surface area contributed by atoms with Crippen LogP contribution in [0.3, 0.4) is 0 Å². The van der Waals surface area contributed by atoms with E-state index >= 15 is 0 Å². The molecule has 1 aliphatic heterocycles. The summed E-state index contributed by atoms with van der Waals surface area (Å²) in [5, 5.41) is 8.14. The number of thiazole rings is 1. The van der Waals surface area contributed by atoms with Crippen LogP contribution in [0.25, 0.3) is 11.3 Å². The highest BCUT2D eigenvalue weighted by Gasteiger charge is 2.23. The van der Waals surface area contributed by atoms with E-state index in [4.69, 9.17) is 4.74 Å². The molecular formula is C23H23N3O3S. The predicted octanol–water partition coefficient (Wildman–Crippen LogP) is 4.80. The molecule has 0 radical (unpaired) electrons. The van der Waals surface area contributed by atoms with Crippen molar-refractivity contribution in [1.29, 1.82) is 0 Å². The summed E-state index contributed by atoms with van der Waals surface area (Å²) in [6.45, 7) is 4.72. The van der Waals surface area contributed by atoms with E-state index < -0.39 is 6.10 Å². The quantitative estimate of drug-likeness (QED) is 0.620. The minimum Gasteiger partial charge on any atom is -0.368 e. The van der Waals surface area contributed by atoms with E-state index in [0.29, 0.717) is 23.0 Å². The molecule has 30 heavy (non-hydrogen) atoms. The summed E-state index contributed by atoms with van der Waals surface area (Å²) in [7, 11) is 0. The minimum atomic E-state index is -0.415. The first-order valence-electron chi connectivity index (χ1n) is 9.86. The number of nitrogens with zero attached hydrogens (tertiary/aromatic N) is 1. The summed E-state index contributed by atoms with van der Waals surface area (Å²) in [5.41, 5.74) is 5.25. The summed E-state index contributed by atoms with van der Waals surface area (Å²) in [6, 6.07) is 13.1. The zero-order valence-electron chi connectivity index (χ0n) is 16.9. The molecule has 1 aliphatic rings. The smallest absolute Gasteiger partial charge is 0.257 e. The lowest BCUT2D eigenvalue weighted by atomic mass is 10.0. The average Bonchev–Trinajstić information content (AvgIpc) is 3.40. The van der Waals surface area contributed by atoms with Gasteiger partial charge in [-0.2, -0.15) is 0 Å². The number of benzene rings is 2. The van der Waals surface area contributed by atoms with Gasteiger partial charge < -0.3 is 10.1 Å².